The molecule has 0 fully saturated rings. The summed E-state index contributed by atoms with van der Waals surface area (Å²) in [7, 11) is 1.71. The molecular weight excluding hydrogens is 382 g/mol. The van der Waals surface area contributed by atoms with Crippen LogP contribution < -0.4 is 4.90 Å². The van der Waals surface area contributed by atoms with Gasteiger partial charge in [-0.15, -0.1) is 0 Å². The summed E-state index contributed by atoms with van der Waals surface area (Å²) in [6.45, 7) is 7.22. The SMILES string of the molecule is CCN1C2=C(C(=O)c3cc(C(C)C)ccc32)C(OC)(c2ccccc2)c2ccccc21. The summed E-state index contributed by atoms with van der Waals surface area (Å²) < 4.78 is 6.37. The zero-order chi connectivity index (χ0) is 21.8. The van der Waals surface area contributed by atoms with E-state index < -0.39 is 5.60 Å². The van der Waals surface area contributed by atoms with Crippen molar-refractivity contribution in [2.45, 2.75) is 32.3 Å². The molecule has 0 N–H and O–H groups in total. The van der Waals surface area contributed by atoms with Gasteiger partial charge in [-0.1, -0.05) is 74.5 Å². The number of ketones is 1. The molecule has 1 atom stereocenters. The zero-order valence-corrected chi connectivity index (χ0v) is 18.5. The highest BCUT2D eigenvalue weighted by molar-refractivity contribution is 6.25. The number of hydrogen-bond acceptors (Lipinski definition) is 3. The van der Waals surface area contributed by atoms with E-state index in [9.17, 15) is 4.79 Å². The fourth-order valence-electron chi connectivity index (χ4n) is 5.19. The number of benzene rings is 3. The van der Waals surface area contributed by atoms with Gasteiger partial charge in [-0.25, -0.2) is 0 Å². The second-order valence-corrected chi connectivity index (χ2v) is 8.53. The summed E-state index contributed by atoms with van der Waals surface area (Å²) in [6, 6.07) is 24.8. The van der Waals surface area contributed by atoms with Crippen molar-refractivity contribution in [3.63, 3.8) is 0 Å². The number of rotatable bonds is 4. The Kier molecular flexibility index (Phi) is 4.60. The summed E-state index contributed by atoms with van der Waals surface area (Å²) in [5, 5.41) is 0. The van der Waals surface area contributed by atoms with Gasteiger partial charge in [0.1, 0.15) is 0 Å². The van der Waals surface area contributed by atoms with Gasteiger partial charge in [0.25, 0.3) is 0 Å². The van der Waals surface area contributed by atoms with Crippen molar-refractivity contribution in [1.29, 1.82) is 0 Å². The lowest BCUT2D eigenvalue weighted by Crippen LogP contribution is -2.42. The minimum atomic E-state index is -0.951. The van der Waals surface area contributed by atoms with Gasteiger partial charge in [0.2, 0.25) is 0 Å². The average Bonchev–Trinajstić information content (AvgIpc) is 3.10. The molecule has 0 amide bonds. The third kappa shape index (κ3) is 2.60. The number of methoxy groups -OCH3 is 1. The highest BCUT2D eigenvalue weighted by Gasteiger charge is 2.53. The maximum absolute atomic E-state index is 14.1. The molecule has 1 aliphatic carbocycles. The molecule has 3 aromatic carbocycles. The van der Waals surface area contributed by atoms with E-state index in [1.165, 1.54) is 5.56 Å². The summed E-state index contributed by atoms with van der Waals surface area (Å²) in [4.78, 5) is 16.3. The molecule has 1 aliphatic heterocycles. The van der Waals surface area contributed by atoms with Gasteiger partial charge in [0, 0.05) is 36.0 Å². The van der Waals surface area contributed by atoms with Gasteiger partial charge in [-0.2, -0.15) is 0 Å². The highest BCUT2D eigenvalue weighted by Crippen LogP contribution is 2.56. The molecular formula is C28H27NO2. The molecule has 3 aromatic rings. The molecule has 3 heteroatoms. The van der Waals surface area contributed by atoms with Crippen molar-refractivity contribution in [3.05, 3.63) is 106 Å². The van der Waals surface area contributed by atoms with Crippen LogP contribution in [0, 0.1) is 0 Å². The first kappa shape index (κ1) is 19.8. The number of fused-ring (bicyclic) bond motifs is 3. The lowest BCUT2D eigenvalue weighted by Gasteiger charge is -2.44. The molecule has 156 valence electrons. The molecule has 0 saturated heterocycles. The Labute approximate surface area is 184 Å². The summed E-state index contributed by atoms with van der Waals surface area (Å²) >= 11 is 0. The maximum atomic E-state index is 14.1. The molecule has 3 nitrogen and oxygen atoms in total. The lowest BCUT2D eigenvalue weighted by molar-refractivity contribution is 0.0499. The first-order valence-electron chi connectivity index (χ1n) is 11.0. The highest BCUT2D eigenvalue weighted by atomic mass is 16.5. The quantitative estimate of drug-likeness (QED) is 0.518. The van der Waals surface area contributed by atoms with Gasteiger partial charge in [-0.3, -0.25) is 4.79 Å². The van der Waals surface area contributed by atoms with Gasteiger partial charge in [0.15, 0.2) is 11.4 Å². The van der Waals surface area contributed by atoms with Crippen molar-refractivity contribution in [2.24, 2.45) is 0 Å². The van der Waals surface area contributed by atoms with Crippen LogP contribution in [0.15, 0.2) is 78.4 Å². The molecule has 31 heavy (non-hydrogen) atoms. The van der Waals surface area contributed by atoms with Gasteiger partial charge >= 0.3 is 0 Å². The molecule has 1 heterocycles. The molecule has 1 unspecified atom stereocenters. The van der Waals surface area contributed by atoms with Crippen LogP contribution in [-0.4, -0.2) is 19.4 Å². The Balaban J connectivity index is 1.88. The largest absolute Gasteiger partial charge is 0.364 e. The third-order valence-electron chi connectivity index (χ3n) is 6.67. The monoisotopic (exact) mass is 409 g/mol. The number of Topliss-reactive ketones (excluding diaryl/α,β-unsaturated/α-hetero) is 1. The zero-order valence-electron chi connectivity index (χ0n) is 18.5. The minimum absolute atomic E-state index is 0.0613. The lowest BCUT2D eigenvalue weighted by atomic mass is 9.75. The average molecular weight is 410 g/mol. The first-order chi connectivity index (χ1) is 15.0. The predicted molar refractivity (Wildman–Crippen MR) is 125 cm³/mol. The number of para-hydroxylation sites is 1. The molecule has 0 radical (unpaired) electrons. The molecule has 0 spiro atoms. The number of carbonyl (C=O) groups excluding carboxylic acids is 1. The number of carbonyl (C=O) groups is 1. The van der Waals surface area contributed by atoms with Crippen molar-refractivity contribution >= 4 is 17.2 Å². The van der Waals surface area contributed by atoms with Crippen molar-refractivity contribution in [2.75, 3.05) is 18.6 Å². The second-order valence-electron chi connectivity index (χ2n) is 8.53. The van der Waals surface area contributed by atoms with E-state index in [0.717, 1.165) is 45.8 Å². The van der Waals surface area contributed by atoms with Crippen LogP contribution in [0.3, 0.4) is 0 Å². The standard InChI is InChI=1S/C28H27NO2/c1-5-29-24-14-10-9-13-23(24)28(31-4,20-11-7-6-8-12-20)25-26(29)21-16-15-19(18(2)3)17-22(21)27(25)30/h6-18H,5H2,1-4H3. The van der Waals surface area contributed by atoms with Crippen LogP contribution in [-0.2, 0) is 10.3 Å². The van der Waals surface area contributed by atoms with E-state index >= 15 is 0 Å². The predicted octanol–water partition coefficient (Wildman–Crippen LogP) is 6.15. The summed E-state index contributed by atoms with van der Waals surface area (Å²) in [6.07, 6.45) is 0. The number of ether oxygens (including phenoxy) is 1. The van der Waals surface area contributed by atoms with Crippen molar-refractivity contribution in [1.82, 2.24) is 0 Å². The Morgan fingerprint density at radius 2 is 1.65 bits per heavy atom. The molecule has 0 saturated carbocycles. The van der Waals surface area contributed by atoms with E-state index in [4.69, 9.17) is 4.74 Å². The van der Waals surface area contributed by atoms with Crippen molar-refractivity contribution < 1.29 is 9.53 Å². The third-order valence-corrected chi connectivity index (χ3v) is 6.67. The van der Waals surface area contributed by atoms with E-state index in [0.29, 0.717) is 5.92 Å². The number of anilines is 1. The van der Waals surface area contributed by atoms with Crippen LogP contribution in [0.25, 0.3) is 5.70 Å². The normalized spacial score (nSPS) is 19.5. The van der Waals surface area contributed by atoms with Crippen LogP contribution >= 0.6 is 0 Å². The summed E-state index contributed by atoms with van der Waals surface area (Å²) in [5.41, 5.74) is 6.76. The smallest absolute Gasteiger partial charge is 0.195 e. The maximum Gasteiger partial charge on any atom is 0.195 e. The van der Waals surface area contributed by atoms with Gasteiger partial charge in [-0.05, 0) is 36.1 Å². The Bertz CT molecular complexity index is 1210. The number of hydrogen-bond donors (Lipinski definition) is 0. The van der Waals surface area contributed by atoms with Crippen LogP contribution in [0.2, 0.25) is 0 Å². The molecule has 0 aromatic heterocycles. The van der Waals surface area contributed by atoms with Crippen LogP contribution in [0.4, 0.5) is 5.69 Å². The van der Waals surface area contributed by atoms with E-state index in [1.54, 1.807) is 7.11 Å². The Morgan fingerprint density at radius 3 is 2.32 bits per heavy atom. The van der Waals surface area contributed by atoms with Crippen LogP contribution in [0.5, 0.6) is 0 Å². The van der Waals surface area contributed by atoms with Crippen LogP contribution in [0.1, 0.15) is 59.3 Å². The Morgan fingerprint density at radius 1 is 0.935 bits per heavy atom. The fraction of sp³-hybridized carbons (Fsp3) is 0.250. The second kappa shape index (κ2) is 7.21. The first-order valence-corrected chi connectivity index (χ1v) is 11.0. The molecule has 0 bridgehead atoms. The number of nitrogens with zero attached hydrogens (tertiary/aromatic N) is 1. The summed E-state index contributed by atoms with van der Waals surface area (Å²) in [5.74, 6) is 0.419. The topological polar surface area (TPSA) is 29.5 Å². The minimum Gasteiger partial charge on any atom is -0.364 e. The van der Waals surface area contributed by atoms with E-state index in [1.807, 2.05) is 24.3 Å². The van der Waals surface area contributed by atoms with Gasteiger partial charge < -0.3 is 9.64 Å². The molecule has 5 rings (SSSR count). The van der Waals surface area contributed by atoms with E-state index in [2.05, 4.69) is 74.2 Å². The fourth-order valence-corrected chi connectivity index (χ4v) is 5.19. The van der Waals surface area contributed by atoms with Gasteiger partial charge in [0.05, 0.1) is 11.3 Å². The molecule has 2 aliphatic rings. The van der Waals surface area contributed by atoms with Crippen molar-refractivity contribution in [3.8, 4) is 0 Å². The van der Waals surface area contributed by atoms with E-state index in [-0.39, 0.29) is 5.78 Å². The Hall–Kier alpha value is -3.17.